The van der Waals surface area contributed by atoms with Crippen molar-refractivity contribution >= 4 is 33.4 Å². The maximum absolute atomic E-state index is 13.4. The van der Waals surface area contributed by atoms with E-state index in [0.717, 1.165) is 21.4 Å². The zero-order valence-electron chi connectivity index (χ0n) is 19.7. The van der Waals surface area contributed by atoms with Crippen molar-refractivity contribution in [2.75, 3.05) is 30.3 Å². The summed E-state index contributed by atoms with van der Waals surface area (Å²) >= 11 is 1.72. The predicted molar refractivity (Wildman–Crippen MR) is 139 cm³/mol. The molecule has 0 aliphatic rings. The second kappa shape index (κ2) is 11.9. The van der Waals surface area contributed by atoms with Crippen LogP contribution in [0.3, 0.4) is 0 Å². The minimum atomic E-state index is -3.96. The molecule has 6 nitrogen and oxygen atoms in total. The van der Waals surface area contributed by atoms with Crippen molar-refractivity contribution in [2.24, 2.45) is 0 Å². The lowest BCUT2D eigenvalue weighted by molar-refractivity contribution is -0.119. The number of sulfonamides is 1. The number of carbonyl (C=O) groups is 1. The Kier molecular flexibility index (Phi) is 9.01. The lowest BCUT2D eigenvalue weighted by atomic mass is 10.1. The van der Waals surface area contributed by atoms with E-state index >= 15 is 0 Å². The molecule has 34 heavy (non-hydrogen) atoms. The normalized spacial score (nSPS) is 11.1. The minimum Gasteiger partial charge on any atom is -0.497 e. The van der Waals surface area contributed by atoms with Crippen molar-refractivity contribution in [1.29, 1.82) is 0 Å². The van der Waals surface area contributed by atoms with E-state index in [0.29, 0.717) is 18.0 Å². The van der Waals surface area contributed by atoms with Crippen molar-refractivity contribution < 1.29 is 17.9 Å². The summed E-state index contributed by atoms with van der Waals surface area (Å²) < 4.78 is 33.3. The fourth-order valence-electron chi connectivity index (χ4n) is 3.32. The molecular weight excluding hydrogens is 468 g/mol. The molecule has 1 N–H and O–H groups in total. The first-order valence-electron chi connectivity index (χ1n) is 10.9. The van der Waals surface area contributed by atoms with Crippen LogP contribution in [0.5, 0.6) is 5.75 Å². The van der Waals surface area contributed by atoms with Gasteiger partial charge in [-0.15, -0.1) is 0 Å². The quantitative estimate of drug-likeness (QED) is 0.393. The Morgan fingerprint density at radius 2 is 1.74 bits per heavy atom. The van der Waals surface area contributed by atoms with Gasteiger partial charge in [0, 0.05) is 24.1 Å². The Morgan fingerprint density at radius 1 is 1.00 bits per heavy atom. The molecule has 0 bridgehead atoms. The number of ether oxygens (including phenoxy) is 1. The van der Waals surface area contributed by atoms with Gasteiger partial charge in [0.2, 0.25) is 5.91 Å². The number of carbonyl (C=O) groups excluding carboxylic acids is 1. The largest absolute Gasteiger partial charge is 0.497 e. The molecule has 0 radical (unpaired) electrons. The molecule has 0 saturated carbocycles. The standard InChI is InChI=1S/C26H30N2O4S2/c1-20-11-13-25(14-12-20)34(30,31)28(23-9-6-10-24(17-23)32-3)18-26(29)27-15-16-33-19-22-8-5-4-7-21(22)2/h4-14,17H,15-16,18-19H2,1-3H3,(H,27,29). The lowest BCUT2D eigenvalue weighted by Crippen LogP contribution is -2.41. The monoisotopic (exact) mass is 498 g/mol. The smallest absolute Gasteiger partial charge is 0.264 e. The topological polar surface area (TPSA) is 75.7 Å². The summed E-state index contributed by atoms with van der Waals surface area (Å²) in [6, 6.07) is 21.5. The number of aryl methyl sites for hydroxylation is 2. The molecule has 0 unspecified atom stereocenters. The number of anilines is 1. The zero-order valence-corrected chi connectivity index (χ0v) is 21.3. The Bertz CT molecular complexity index is 1210. The van der Waals surface area contributed by atoms with Crippen LogP contribution in [0.4, 0.5) is 5.69 Å². The van der Waals surface area contributed by atoms with Crippen LogP contribution in [0.25, 0.3) is 0 Å². The Morgan fingerprint density at radius 3 is 2.44 bits per heavy atom. The molecule has 0 aliphatic carbocycles. The van der Waals surface area contributed by atoms with Gasteiger partial charge in [0.15, 0.2) is 0 Å². The molecule has 0 atom stereocenters. The Labute approximate surface area is 206 Å². The summed E-state index contributed by atoms with van der Waals surface area (Å²) in [6.45, 7) is 4.10. The van der Waals surface area contributed by atoms with E-state index in [1.165, 1.54) is 18.2 Å². The number of nitrogens with zero attached hydrogens (tertiary/aromatic N) is 1. The molecule has 180 valence electrons. The number of benzene rings is 3. The molecular formula is C26H30N2O4S2. The highest BCUT2D eigenvalue weighted by atomic mass is 32.2. The van der Waals surface area contributed by atoms with Crippen molar-refractivity contribution in [3.63, 3.8) is 0 Å². The van der Waals surface area contributed by atoms with Crippen molar-refractivity contribution in [1.82, 2.24) is 5.32 Å². The average molecular weight is 499 g/mol. The Hall–Kier alpha value is -2.97. The van der Waals surface area contributed by atoms with Crippen LogP contribution in [0, 0.1) is 13.8 Å². The maximum atomic E-state index is 13.4. The third-order valence-electron chi connectivity index (χ3n) is 5.32. The van der Waals surface area contributed by atoms with Gasteiger partial charge >= 0.3 is 0 Å². The molecule has 0 heterocycles. The third-order valence-corrected chi connectivity index (χ3v) is 8.12. The van der Waals surface area contributed by atoms with Gasteiger partial charge in [0.05, 0.1) is 17.7 Å². The SMILES string of the molecule is COc1cccc(N(CC(=O)NCCSCc2ccccc2C)S(=O)(=O)c2ccc(C)cc2)c1. The van der Waals surface area contributed by atoms with Gasteiger partial charge in [-0.05, 0) is 49.2 Å². The maximum Gasteiger partial charge on any atom is 0.264 e. The number of hydrogen-bond donors (Lipinski definition) is 1. The molecule has 0 aliphatic heterocycles. The minimum absolute atomic E-state index is 0.127. The number of rotatable bonds is 11. The number of thioether (sulfide) groups is 1. The van der Waals surface area contributed by atoms with Crippen LogP contribution in [0.15, 0.2) is 77.7 Å². The first kappa shape index (κ1) is 25.6. The summed E-state index contributed by atoms with van der Waals surface area (Å²) in [5, 5.41) is 2.85. The third kappa shape index (κ3) is 6.77. The summed E-state index contributed by atoms with van der Waals surface area (Å²) in [7, 11) is -2.44. The zero-order chi connectivity index (χ0) is 24.6. The predicted octanol–water partition coefficient (Wildman–Crippen LogP) is 4.56. The van der Waals surface area contributed by atoms with Crippen LogP contribution >= 0.6 is 11.8 Å². The molecule has 8 heteroatoms. The first-order chi connectivity index (χ1) is 16.3. The van der Waals surface area contributed by atoms with E-state index < -0.39 is 10.0 Å². The molecule has 0 aromatic heterocycles. The van der Waals surface area contributed by atoms with Gasteiger partial charge in [-0.1, -0.05) is 48.0 Å². The number of hydrogen-bond acceptors (Lipinski definition) is 5. The van der Waals surface area contributed by atoms with E-state index in [2.05, 4.69) is 24.4 Å². The van der Waals surface area contributed by atoms with Crippen LogP contribution in [0.1, 0.15) is 16.7 Å². The van der Waals surface area contributed by atoms with Gasteiger partial charge in [-0.2, -0.15) is 11.8 Å². The summed E-state index contributed by atoms with van der Waals surface area (Å²) in [4.78, 5) is 12.9. The van der Waals surface area contributed by atoms with Gasteiger partial charge in [-0.25, -0.2) is 8.42 Å². The number of amides is 1. The average Bonchev–Trinajstić information content (AvgIpc) is 2.83. The van der Waals surface area contributed by atoms with Crippen LogP contribution in [0.2, 0.25) is 0 Å². The van der Waals surface area contributed by atoms with E-state index in [4.69, 9.17) is 4.74 Å². The molecule has 3 aromatic carbocycles. The second-order valence-electron chi connectivity index (χ2n) is 7.86. The number of nitrogens with one attached hydrogen (secondary N) is 1. The van der Waals surface area contributed by atoms with Gasteiger partial charge < -0.3 is 10.1 Å². The molecule has 0 fully saturated rings. The Balaban J connectivity index is 1.68. The van der Waals surface area contributed by atoms with Gasteiger partial charge in [0.1, 0.15) is 12.3 Å². The fourth-order valence-corrected chi connectivity index (χ4v) is 5.67. The van der Waals surface area contributed by atoms with Crippen molar-refractivity contribution in [2.45, 2.75) is 24.5 Å². The second-order valence-corrected chi connectivity index (χ2v) is 10.8. The van der Waals surface area contributed by atoms with E-state index in [1.54, 1.807) is 60.3 Å². The van der Waals surface area contributed by atoms with Gasteiger partial charge in [-0.3, -0.25) is 9.10 Å². The van der Waals surface area contributed by atoms with E-state index in [9.17, 15) is 13.2 Å². The molecule has 1 amide bonds. The summed E-state index contributed by atoms with van der Waals surface area (Å²) in [6.07, 6.45) is 0. The van der Waals surface area contributed by atoms with Crippen LogP contribution in [-0.4, -0.2) is 40.3 Å². The summed E-state index contributed by atoms with van der Waals surface area (Å²) in [5.41, 5.74) is 3.83. The van der Waals surface area contributed by atoms with E-state index in [-0.39, 0.29) is 17.3 Å². The fraction of sp³-hybridized carbons (Fsp3) is 0.269. The van der Waals surface area contributed by atoms with Gasteiger partial charge in [0.25, 0.3) is 10.0 Å². The molecule has 0 saturated heterocycles. The summed E-state index contributed by atoms with van der Waals surface area (Å²) in [5.74, 6) is 1.73. The number of methoxy groups -OCH3 is 1. The van der Waals surface area contributed by atoms with Crippen molar-refractivity contribution in [3.05, 3.63) is 89.5 Å². The lowest BCUT2D eigenvalue weighted by Gasteiger charge is -2.24. The van der Waals surface area contributed by atoms with Crippen LogP contribution in [-0.2, 0) is 20.6 Å². The highest BCUT2D eigenvalue weighted by molar-refractivity contribution is 7.98. The first-order valence-corrected chi connectivity index (χ1v) is 13.5. The van der Waals surface area contributed by atoms with Crippen molar-refractivity contribution in [3.8, 4) is 5.75 Å². The highest BCUT2D eigenvalue weighted by Gasteiger charge is 2.27. The highest BCUT2D eigenvalue weighted by Crippen LogP contribution is 2.27. The molecule has 3 rings (SSSR count). The van der Waals surface area contributed by atoms with Crippen LogP contribution < -0.4 is 14.4 Å². The molecule has 0 spiro atoms. The molecule has 3 aromatic rings. The van der Waals surface area contributed by atoms with E-state index in [1.807, 2.05) is 19.1 Å².